The quantitative estimate of drug-likeness (QED) is 0.859. The molecule has 2 aliphatic rings. The van der Waals surface area contributed by atoms with E-state index < -0.39 is 16.1 Å². The summed E-state index contributed by atoms with van der Waals surface area (Å²) in [6.07, 6.45) is 3.94. The minimum absolute atomic E-state index is 0.144. The zero-order chi connectivity index (χ0) is 13.5. The van der Waals surface area contributed by atoms with E-state index in [1.807, 2.05) is 0 Å². The SMILES string of the molecule is O=C1NCCC2CCCN(S(=O)(=O)c3cncs3)C12. The van der Waals surface area contributed by atoms with E-state index in [9.17, 15) is 13.2 Å². The Hall–Kier alpha value is -0.990. The molecule has 3 rings (SSSR count). The third-order valence-electron chi connectivity index (χ3n) is 3.77. The normalized spacial score (nSPS) is 28.7. The van der Waals surface area contributed by atoms with E-state index in [-0.39, 0.29) is 16.0 Å². The minimum atomic E-state index is -3.59. The van der Waals surface area contributed by atoms with Crippen LogP contribution in [0.1, 0.15) is 19.3 Å². The van der Waals surface area contributed by atoms with Crippen LogP contribution in [0.3, 0.4) is 0 Å². The standard InChI is InChI=1S/C11H15N3O3S2/c15-11-10-8(3-4-13-11)2-1-5-14(10)19(16,17)9-6-12-7-18-9/h6-8,10H,1-5H2,(H,13,15). The molecular formula is C11H15N3O3S2. The summed E-state index contributed by atoms with van der Waals surface area (Å²) in [6, 6.07) is -0.547. The molecule has 2 atom stereocenters. The molecule has 2 unspecified atom stereocenters. The maximum absolute atomic E-state index is 12.6. The van der Waals surface area contributed by atoms with E-state index in [1.54, 1.807) is 0 Å². The number of nitrogens with one attached hydrogen (secondary N) is 1. The highest BCUT2D eigenvalue weighted by molar-refractivity contribution is 7.91. The van der Waals surface area contributed by atoms with Crippen molar-refractivity contribution in [2.24, 2.45) is 5.92 Å². The van der Waals surface area contributed by atoms with Crippen LogP contribution in [-0.2, 0) is 14.8 Å². The van der Waals surface area contributed by atoms with Gasteiger partial charge in [0.1, 0.15) is 6.04 Å². The lowest BCUT2D eigenvalue weighted by Crippen LogP contribution is -2.59. The Morgan fingerprint density at radius 3 is 3.00 bits per heavy atom. The molecule has 3 heterocycles. The molecule has 1 N–H and O–H groups in total. The lowest BCUT2D eigenvalue weighted by molar-refractivity contribution is -0.129. The summed E-state index contributed by atoms with van der Waals surface area (Å²) in [5.74, 6) is -0.0192. The van der Waals surface area contributed by atoms with Crippen LogP contribution >= 0.6 is 11.3 Å². The van der Waals surface area contributed by atoms with Crippen molar-refractivity contribution >= 4 is 27.3 Å². The van der Waals surface area contributed by atoms with Crippen LogP contribution in [0.4, 0.5) is 0 Å². The fraction of sp³-hybridized carbons (Fsp3) is 0.636. The first-order valence-corrected chi connectivity index (χ1v) is 8.61. The van der Waals surface area contributed by atoms with Crippen LogP contribution in [0.25, 0.3) is 0 Å². The number of rotatable bonds is 2. The van der Waals surface area contributed by atoms with Crippen molar-refractivity contribution in [1.29, 1.82) is 0 Å². The summed E-state index contributed by atoms with van der Waals surface area (Å²) >= 11 is 1.09. The van der Waals surface area contributed by atoms with E-state index in [0.29, 0.717) is 13.1 Å². The zero-order valence-corrected chi connectivity index (χ0v) is 11.9. The number of nitrogens with zero attached hydrogens (tertiary/aromatic N) is 2. The number of carbonyl (C=O) groups is 1. The summed E-state index contributed by atoms with van der Waals surface area (Å²) in [4.78, 5) is 15.8. The van der Waals surface area contributed by atoms with E-state index >= 15 is 0 Å². The van der Waals surface area contributed by atoms with Gasteiger partial charge >= 0.3 is 0 Å². The van der Waals surface area contributed by atoms with Gasteiger partial charge in [-0.3, -0.25) is 9.78 Å². The molecule has 104 valence electrons. The number of hydrogen-bond acceptors (Lipinski definition) is 5. The van der Waals surface area contributed by atoms with E-state index in [2.05, 4.69) is 10.3 Å². The molecule has 0 aliphatic carbocycles. The number of thiazole rings is 1. The van der Waals surface area contributed by atoms with Gasteiger partial charge in [-0.1, -0.05) is 0 Å². The molecule has 0 spiro atoms. The highest BCUT2D eigenvalue weighted by Gasteiger charge is 2.45. The smallest absolute Gasteiger partial charge is 0.254 e. The van der Waals surface area contributed by atoms with Gasteiger partial charge in [0.05, 0.1) is 11.7 Å². The number of carbonyl (C=O) groups excluding carboxylic acids is 1. The first-order chi connectivity index (χ1) is 9.10. The molecule has 0 aromatic carbocycles. The van der Waals surface area contributed by atoms with Gasteiger partial charge in [0.25, 0.3) is 10.0 Å². The van der Waals surface area contributed by atoms with Crippen LogP contribution in [0.2, 0.25) is 0 Å². The van der Waals surface area contributed by atoms with Gasteiger partial charge in [-0.05, 0) is 25.2 Å². The molecule has 1 aromatic heterocycles. The number of hydrogen-bond donors (Lipinski definition) is 1. The van der Waals surface area contributed by atoms with Gasteiger partial charge in [-0.15, -0.1) is 11.3 Å². The van der Waals surface area contributed by atoms with Crippen molar-refractivity contribution in [2.75, 3.05) is 13.1 Å². The Bertz CT molecular complexity index is 568. The summed E-state index contributed by atoms with van der Waals surface area (Å²) in [6.45, 7) is 1.06. The monoisotopic (exact) mass is 301 g/mol. The minimum Gasteiger partial charge on any atom is -0.355 e. The van der Waals surface area contributed by atoms with Crippen molar-refractivity contribution in [3.05, 3.63) is 11.7 Å². The number of amides is 1. The third-order valence-corrected chi connectivity index (χ3v) is 6.89. The van der Waals surface area contributed by atoms with E-state index in [1.165, 1.54) is 16.0 Å². The van der Waals surface area contributed by atoms with Crippen LogP contribution in [0.5, 0.6) is 0 Å². The first kappa shape index (κ1) is 13.0. The van der Waals surface area contributed by atoms with Crippen LogP contribution in [0.15, 0.2) is 15.9 Å². The number of fused-ring (bicyclic) bond motifs is 1. The van der Waals surface area contributed by atoms with E-state index in [4.69, 9.17) is 0 Å². The second-order valence-corrected chi connectivity index (χ2v) is 7.87. The molecule has 2 aliphatic heterocycles. The molecule has 8 heteroatoms. The van der Waals surface area contributed by atoms with Crippen molar-refractivity contribution in [3.8, 4) is 0 Å². The number of aromatic nitrogens is 1. The molecule has 2 saturated heterocycles. The highest BCUT2D eigenvalue weighted by Crippen LogP contribution is 2.33. The van der Waals surface area contributed by atoms with Gasteiger partial charge < -0.3 is 5.32 Å². The van der Waals surface area contributed by atoms with Crippen molar-refractivity contribution < 1.29 is 13.2 Å². The Morgan fingerprint density at radius 1 is 1.42 bits per heavy atom. The predicted molar refractivity (Wildman–Crippen MR) is 70.1 cm³/mol. The zero-order valence-electron chi connectivity index (χ0n) is 10.3. The molecule has 1 amide bonds. The Balaban J connectivity index is 1.97. The van der Waals surface area contributed by atoms with Crippen LogP contribution in [0, 0.1) is 5.92 Å². The molecule has 19 heavy (non-hydrogen) atoms. The fourth-order valence-electron chi connectivity index (χ4n) is 2.89. The van der Waals surface area contributed by atoms with Gasteiger partial charge in [0.2, 0.25) is 5.91 Å². The fourth-order valence-corrected chi connectivity index (χ4v) is 5.50. The molecule has 0 radical (unpaired) electrons. The molecule has 2 fully saturated rings. The molecule has 0 saturated carbocycles. The topological polar surface area (TPSA) is 79.4 Å². The second-order valence-electron chi connectivity index (χ2n) is 4.86. The summed E-state index contributed by atoms with van der Waals surface area (Å²) in [5.41, 5.74) is 1.50. The maximum Gasteiger partial charge on any atom is 0.254 e. The average Bonchev–Trinajstić information content (AvgIpc) is 2.93. The van der Waals surface area contributed by atoms with Crippen LogP contribution in [-0.4, -0.2) is 42.7 Å². The lowest BCUT2D eigenvalue weighted by Gasteiger charge is -2.41. The van der Waals surface area contributed by atoms with E-state index in [0.717, 1.165) is 30.6 Å². The first-order valence-electron chi connectivity index (χ1n) is 6.29. The molecule has 1 aromatic rings. The maximum atomic E-state index is 12.6. The van der Waals surface area contributed by atoms with Gasteiger partial charge in [0.15, 0.2) is 4.21 Å². The Kier molecular flexibility index (Phi) is 3.32. The summed E-state index contributed by atoms with van der Waals surface area (Å²) in [7, 11) is -3.59. The summed E-state index contributed by atoms with van der Waals surface area (Å²) < 4.78 is 26.7. The molecular weight excluding hydrogens is 286 g/mol. The van der Waals surface area contributed by atoms with Crippen LogP contribution < -0.4 is 5.32 Å². The van der Waals surface area contributed by atoms with Crippen molar-refractivity contribution in [2.45, 2.75) is 29.5 Å². The number of sulfonamides is 1. The molecule has 6 nitrogen and oxygen atoms in total. The average molecular weight is 301 g/mol. The molecule has 0 bridgehead atoms. The predicted octanol–water partition coefficient (Wildman–Crippen LogP) is 0.432. The lowest BCUT2D eigenvalue weighted by atomic mass is 9.85. The van der Waals surface area contributed by atoms with Gasteiger partial charge in [-0.25, -0.2) is 8.42 Å². The largest absolute Gasteiger partial charge is 0.355 e. The summed E-state index contributed by atoms with van der Waals surface area (Å²) in [5, 5.41) is 2.77. The Morgan fingerprint density at radius 2 is 2.26 bits per heavy atom. The third kappa shape index (κ3) is 2.17. The van der Waals surface area contributed by atoms with Crippen molar-refractivity contribution in [3.63, 3.8) is 0 Å². The van der Waals surface area contributed by atoms with Gasteiger partial charge in [-0.2, -0.15) is 4.31 Å². The second kappa shape index (κ2) is 4.84. The highest BCUT2D eigenvalue weighted by atomic mass is 32.2. The Labute approximate surface area is 115 Å². The van der Waals surface area contributed by atoms with Gasteiger partial charge in [0, 0.05) is 13.1 Å². The number of piperidine rings is 2. The van der Waals surface area contributed by atoms with Crippen molar-refractivity contribution in [1.82, 2.24) is 14.6 Å².